The van der Waals surface area contributed by atoms with E-state index >= 15 is 0 Å². The van der Waals surface area contributed by atoms with Crippen LogP contribution in [0.1, 0.15) is 18.9 Å². The van der Waals surface area contributed by atoms with Crippen LogP contribution in [0.4, 0.5) is 4.39 Å². The first-order chi connectivity index (χ1) is 9.25. The third-order valence-electron chi connectivity index (χ3n) is 3.56. The van der Waals surface area contributed by atoms with Crippen molar-refractivity contribution in [3.8, 4) is 0 Å². The van der Waals surface area contributed by atoms with Gasteiger partial charge in [-0.25, -0.2) is 4.39 Å². The molecule has 19 heavy (non-hydrogen) atoms. The van der Waals surface area contributed by atoms with Crippen molar-refractivity contribution in [1.29, 1.82) is 0 Å². The summed E-state index contributed by atoms with van der Waals surface area (Å²) in [6.07, 6.45) is 9.49. The second-order valence-electron chi connectivity index (χ2n) is 5.14. The molecule has 3 rings (SSSR count). The molecule has 0 radical (unpaired) electrons. The highest BCUT2D eigenvalue weighted by atomic mass is 19.1. The Labute approximate surface area is 113 Å². The highest BCUT2D eigenvalue weighted by Crippen LogP contribution is 2.35. The third-order valence-corrected chi connectivity index (χ3v) is 3.56. The van der Waals surface area contributed by atoms with Crippen LogP contribution in [0.3, 0.4) is 0 Å². The number of hydrogen-bond acceptors (Lipinski definition) is 1. The topological polar surface area (TPSA) is 12.5 Å². The first-order valence-corrected chi connectivity index (χ1v) is 6.71. The van der Waals surface area contributed by atoms with Crippen LogP contribution in [-0.4, -0.2) is 12.7 Å². The van der Waals surface area contributed by atoms with Crippen molar-refractivity contribution in [2.75, 3.05) is 6.61 Å². The Morgan fingerprint density at radius 3 is 2.79 bits per heavy atom. The van der Waals surface area contributed by atoms with Gasteiger partial charge in [-0.1, -0.05) is 49.4 Å². The van der Waals surface area contributed by atoms with Crippen LogP contribution in [-0.2, 0) is 4.74 Å². The minimum absolute atomic E-state index is 0.129. The minimum Gasteiger partial charge on any atom is -0.368 e. The number of halogens is 1. The number of hydrogen-bond donors (Lipinski definition) is 0. The Kier molecular flexibility index (Phi) is 3.34. The largest absolute Gasteiger partial charge is 0.368 e. The van der Waals surface area contributed by atoms with Gasteiger partial charge in [-0.05, 0) is 29.6 Å². The van der Waals surface area contributed by atoms with Gasteiger partial charge >= 0.3 is 0 Å². The van der Waals surface area contributed by atoms with Gasteiger partial charge < -0.3 is 4.74 Å². The van der Waals surface area contributed by atoms with Crippen molar-refractivity contribution in [1.82, 2.24) is 0 Å². The number of allylic oxidation sites excluding steroid dienone is 4. The summed E-state index contributed by atoms with van der Waals surface area (Å²) in [5, 5.41) is 0. The van der Waals surface area contributed by atoms with Gasteiger partial charge in [0.05, 0.1) is 6.61 Å². The van der Waals surface area contributed by atoms with Gasteiger partial charge in [-0.15, -0.1) is 0 Å². The fraction of sp³-hybridized carbons (Fsp3) is 0.294. The fourth-order valence-electron chi connectivity index (χ4n) is 2.39. The predicted octanol–water partition coefficient (Wildman–Crippen LogP) is 4.13. The first-order valence-electron chi connectivity index (χ1n) is 6.71. The number of epoxide rings is 1. The van der Waals surface area contributed by atoms with Crippen LogP contribution in [0.25, 0.3) is 5.57 Å². The summed E-state index contributed by atoms with van der Waals surface area (Å²) in [5.41, 5.74) is 2.75. The first kappa shape index (κ1) is 12.4. The van der Waals surface area contributed by atoms with Crippen LogP contribution in [0.2, 0.25) is 0 Å². The summed E-state index contributed by atoms with van der Waals surface area (Å²) in [4.78, 5) is 0. The molecule has 2 atom stereocenters. The van der Waals surface area contributed by atoms with E-state index in [1.807, 2.05) is 12.1 Å². The Balaban J connectivity index is 2.06. The van der Waals surface area contributed by atoms with Crippen LogP contribution < -0.4 is 0 Å². The summed E-state index contributed by atoms with van der Waals surface area (Å²) < 4.78 is 19.4. The lowest BCUT2D eigenvalue weighted by Crippen LogP contribution is -2.02. The molecule has 0 N–H and O–H groups in total. The maximum Gasteiger partial charge on any atom is 0.131 e. The van der Waals surface area contributed by atoms with Crippen molar-refractivity contribution in [3.05, 3.63) is 65.5 Å². The van der Waals surface area contributed by atoms with Gasteiger partial charge in [0.1, 0.15) is 11.9 Å². The number of benzene rings is 1. The molecule has 1 fully saturated rings. The van der Waals surface area contributed by atoms with Crippen molar-refractivity contribution >= 4 is 5.57 Å². The zero-order valence-electron chi connectivity index (χ0n) is 11.0. The molecule has 0 saturated carbocycles. The zero-order valence-corrected chi connectivity index (χ0v) is 11.0. The molecule has 1 heterocycles. The average molecular weight is 256 g/mol. The second kappa shape index (κ2) is 5.14. The van der Waals surface area contributed by atoms with Crippen LogP contribution >= 0.6 is 0 Å². The standard InChI is InChI=1S/C17H17FO/c1-12-5-4-7-15(17-11-19-17)13(10-9-12)14-6-2-3-8-16(14)18/h2-8,10,12,17H,9,11H2,1H3/b5-4-,13-10+,15-7+/t12?,17-/m0/s1. The molecule has 2 aliphatic rings. The second-order valence-corrected chi connectivity index (χ2v) is 5.14. The van der Waals surface area contributed by atoms with Gasteiger partial charge in [0.2, 0.25) is 0 Å². The summed E-state index contributed by atoms with van der Waals surface area (Å²) in [6.45, 7) is 2.90. The molecule has 98 valence electrons. The fourth-order valence-corrected chi connectivity index (χ4v) is 2.39. The van der Waals surface area contributed by atoms with E-state index in [9.17, 15) is 4.39 Å². The summed E-state index contributed by atoms with van der Waals surface area (Å²) in [5.74, 6) is 0.303. The van der Waals surface area contributed by atoms with E-state index in [0.717, 1.165) is 24.2 Å². The Hall–Kier alpha value is -1.67. The van der Waals surface area contributed by atoms with Crippen molar-refractivity contribution < 1.29 is 9.13 Å². The predicted molar refractivity (Wildman–Crippen MR) is 75.1 cm³/mol. The molecule has 1 aliphatic carbocycles. The van der Waals surface area contributed by atoms with Gasteiger partial charge in [0.15, 0.2) is 0 Å². The van der Waals surface area contributed by atoms with Crippen LogP contribution in [0.15, 0.2) is 54.1 Å². The monoisotopic (exact) mass is 256 g/mol. The van der Waals surface area contributed by atoms with Crippen molar-refractivity contribution in [3.63, 3.8) is 0 Å². The Bertz CT molecular complexity index is 564. The molecule has 0 amide bonds. The molecular weight excluding hydrogens is 239 g/mol. The SMILES string of the molecule is CC1\C=C/C=C([C@@H]2CO2)\C(c2ccccc2F)=C\C1. The van der Waals surface area contributed by atoms with Crippen LogP contribution in [0.5, 0.6) is 0 Å². The molecule has 1 aromatic rings. The van der Waals surface area contributed by atoms with Crippen LogP contribution in [0, 0.1) is 11.7 Å². The quantitative estimate of drug-likeness (QED) is 0.725. The zero-order chi connectivity index (χ0) is 13.2. The summed E-state index contributed by atoms with van der Waals surface area (Å²) in [7, 11) is 0. The lowest BCUT2D eigenvalue weighted by Gasteiger charge is -2.15. The third kappa shape index (κ3) is 2.69. The molecule has 0 spiro atoms. The van der Waals surface area contributed by atoms with E-state index in [1.165, 1.54) is 6.07 Å². The minimum atomic E-state index is -0.169. The summed E-state index contributed by atoms with van der Waals surface area (Å²) >= 11 is 0. The van der Waals surface area contributed by atoms with E-state index in [-0.39, 0.29) is 11.9 Å². The Morgan fingerprint density at radius 2 is 2.05 bits per heavy atom. The molecular formula is C17H17FO. The van der Waals surface area contributed by atoms with E-state index in [4.69, 9.17) is 4.74 Å². The van der Waals surface area contributed by atoms with E-state index in [0.29, 0.717) is 11.5 Å². The van der Waals surface area contributed by atoms with E-state index in [1.54, 1.807) is 6.07 Å². The number of ether oxygens (including phenoxy) is 1. The van der Waals surface area contributed by atoms with E-state index < -0.39 is 0 Å². The lowest BCUT2D eigenvalue weighted by atomic mass is 9.90. The highest BCUT2D eigenvalue weighted by molar-refractivity contribution is 5.81. The highest BCUT2D eigenvalue weighted by Gasteiger charge is 2.30. The van der Waals surface area contributed by atoms with Crippen molar-refractivity contribution in [2.24, 2.45) is 5.92 Å². The smallest absolute Gasteiger partial charge is 0.131 e. The van der Waals surface area contributed by atoms with E-state index in [2.05, 4.69) is 31.2 Å². The molecule has 2 heteroatoms. The molecule has 1 saturated heterocycles. The van der Waals surface area contributed by atoms with Gasteiger partial charge in [0.25, 0.3) is 0 Å². The molecule has 1 nitrogen and oxygen atoms in total. The molecule has 0 bridgehead atoms. The van der Waals surface area contributed by atoms with Gasteiger partial charge in [-0.2, -0.15) is 0 Å². The van der Waals surface area contributed by atoms with Crippen molar-refractivity contribution in [2.45, 2.75) is 19.4 Å². The maximum atomic E-state index is 14.0. The lowest BCUT2D eigenvalue weighted by molar-refractivity contribution is 0.435. The normalized spacial score (nSPS) is 33.4. The van der Waals surface area contributed by atoms with Gasteiger partial charge in [-0.3, -0.25) is 0 Å². The molecule has 1 aromatic carbocycles. The Morgan fingerprint density at radius 1 is 1.26 bits per heavy atom. The van der Waals surface area contributed by atoms with Gasteiger partial charge in [0, 0.05) is 5.56 Å². The molecule has 0 aromatic heterocycles. The molecule has 1 aliphatic heterocycles. The summed E-state index contributed by atoms with van der Waals surface area (Å²) in [6, 6.07) is 6.96. The number of rotatable bonds is 2. The molecule has 1 unspecified atom stereocenters. The average Bonchev–Trinajstić information content (AvgIpc) is 3.20. The maximum absolute atomic E-state index is 14.0.